The predicted molar refractivity (Wildman–Crippen MR) is 63.0 cm³/mol. The summed E-state index contributed by atoms with van der Waals surface area (Å²) in [5.41, 5.74) is 5.44. The number of halogens is 1. The zero-order valence-electron chi connectivity index (χ0n) is 9.39. The van der Waals surface area contributed by atoms with Gasteiger partial charge in [0.25, 0.3) is 0 Å². The number of hydrogen-bond donors (Lipinski definition) is 1. The van der Waals surface area contributed by atoms with E-state index >= 15 is 0 Å². The van der Waals surface area contributed by atoms with Gasteiger partial charge in [0, 0.05) is 6.26 Å². The van der Waals surface area contributed by atoms with Crippen molar-refractivity contribution in [2.75, 3.05) is 12.0 Å². The van der Waals surface area contributed by atoms with Gasteiger partial charge in [-0.15, -0.1) is 0 Å². The van der Waals surface area contributed by atoms with Gasteiger partial charge in [0.15, 0.2) is 5.78 Å². The number of hydrogen-bond acceptors (Lipinski definition) is 4. The lowest BCUT2D eigenvalue weighted by atomic mass is 10.0. The van der Waals surface area contributed by atoms with E-state index in [1.54, 1.807) is 0 Å². The summed E-state index contributed by atoms with van der Waals surface area (Å²) >= 11 is 0. The molecule has 0 amide bonds. The first-order valence-corrected chi connectivity index (χ1v) is 7.09. The first kappa shape index (κ1) is 13.8. The van der Waals surface area contributed by atoms with Crippen LogP contribution in [0.5, 0.6) is 0 Å². The Morgan fingerprint density at radius 2 is 2.00 bits per heavy atom. The van der Waals surface area contributed by atoms with Gasteiger partial charge in [0.2, 0.25) is 0 Å². The van der Waals surface area contributed by atoms with Crippen LogP contribution in [0.4, 0.5) is 4.39 Å². The highest BCUT2D eigenvalue weighted by Gasteiger charge is 2.20. The summed E-state index contributed by atoms with van der Waals surface area (Å²) in [5, 5.41) is 0. The third-order valence-corrected chi connectivity index (χ3v) is 3.25. The number of Topliss-reactive ketones (excluding diaryl/α,β-unsaturated/α-hetero) is 1. The summed E-state index contributed by atoms with van der Waals surface area (Å²) < 4.78 is 35.1. The third-order valence-electron chi connectivity index (χ3n) is 2.28. The van der Waals surface area contributed by atoms with Gasteiger partial charge in [-0.3, -0.25) is 4.79 Å². The highest BCUT2D eigenvalue weighted by molar-refractivity contribution is 7.90. The maximum absolute atomic E-state index is 13.3. The lowest BCUT2D eigenvalue weighted by Crippen LogP contribution is -2.33. The molecule has 4 nitrogen and oxygen atoms in total. The smallest absolute Gasteiger partial charge is 0.182 e. The summed E-state index contributed by atoms with van der Waals surface area (Å²) in [6, 6.07) is 4.49. The second-order valence-corrected chi connectivity index (χ2v) is 6.13. The number of ketones is 1. The van der Waals surface area contributed by atoms with E-state index in [0.29, 0.717) is 0 Å². The molecule has 0 spiro atoms. The highest BCUT2D eigenvalue weighted by Crippen LogP contribution is 2.10. The monoisotopic (exact) mass is 259 g/mol. The van der Waals surface area contributed by atoms with Crippen LogP contribution in [0, 0.1) is 5.82 Å². The SMILES string of the molecule is CS(=O)(=O)CCC(N)C(=O)c1ccccc1F. The van der Waals surface area contributed by atoms with Gasteiger partial charge in [-0.25, -0.2) is 12.8 Å². The van der Waals surface area contributed by atoms with Crippen molar-refractivity contribution in [1.82, 2.24) is 0 Å². The lowest BCUT2D eigenvalue weighted by molar-refractivity contribution is 0.0956. The minimum absolute atomic E-state index is 0.00794. The summed E-state index contributed by atoms with van der Waals surface area (Å²) in [6.45, 7) is 0. The Balaban J connectivity index is 2.74. The van der Waals surface area contributed by atoms with Crippen molar-refractivity contribution >= 4 is 15.6 Å². The number of sulfone groups is 1. The third kappa shape index (κ3) is 4.24. The van der Waals surface area contributed by atoms with Crippen LogP contribution >= 0.6 is 0 Å². The standard InChI is InChI=1S/C11H14FNO3S/c1-17(15,16)7-6-10(13)11(14)8-4-2-3-5-9(8)12/h2-5,10H,6-7,13H2,1H3. The molecule has 0 aliphatic heterocycles. The molecule has 0 aromatic heterocycles. The molecule has 2 N–H and O–H groups in total. The summed E-state index contributed by atoms with van der Waals surface area (Å²) in [6.07, 6.45) is 1.05. The van der Waals surface area contributed by atoms with E-state index < -0.39 is 27.5 Å². The molecule has 1 rings (SSSR count). The van der Waals surface area contributed by atoms with Crippen molar-refractivity contribution in [2.45, 2.75) is 12.5 Å². The fraction of sp³-hybridized carbons (Fsp3) is 0.364. The summed E-state index contributed by atoms with van der Waals surface area (Å²) in [7, 11) is -3.17. The Morgan fingerprint density at radius 3 is 2.53 bits per heavy atom. The molecule has 94 valence electrons. The van der Waals surface area contributed by atoms with E-state index in [4.69, 9.17) is 5.73 Å². The molecule has 0 bridgehead atoms. The Morgan fingerprint density at radius 1 is 1.41 bits per heavy atom. The second-order valence-electron chi connectivity index (χ2n) is 3.87. The molecule has 6 heteroatoms. The van der Waals surface area contributed by atoms with Gasteiger partial charge < -0.3 is 5.73 Å². The van der Waals surface area contributed by atoms with E-state index in [1.165, 1.54) is 18.2 Å². The van der Waals surface area contributed by atoms with Gasteiger partial charge >= 0.3 is 0 Å². The van der Waals surface area contributed by atoms with Crippen LogP contribution in [0.3, 0.4) is 0 Å². The van der Waals surface area contributed by atoms with Crippen molar-refractivity contribution in [2.24, 2.45) is 5.73 Å². The molecule has 0 fully saturated rings. The molecular weight excluding hydrogens is 245 g/mol. The number of carbonyl (C=O) groups excluding carboxylic acids is 1. The average Bonchev–Trinajstić information content (AvgIpc) is 2.24. The van der Waals surface area contributed by atoms with Crippen LogP contribution in [0.25, 0.3) is 0 Å². The van der Waals surface area contributed by atoms with Crippen LogP contribution in [-0.4, -0.2) is 32.3 Å². The normalized spacial score (nSPS) is 13.4. The van der Waals surface area contributed by atoms with Crippen molar-refractivity contribution in [1.29, 1.82) is 0 Å². The van der Waals surface area contributed by atoms with E-state index in [2.05, 4.69) is 0 Å². The molecular formula is C11H14FNO3S. The van der Waals surface area contributed by atoms with Gasteiger partial charge in [-0.05, 0) is 18.6 Å². The van der Waals surface area contributed by atoms with Crippen LogP contribution in [-0.2, 0) is 9.84 Å². The van der Waals surface area contributed by atoms with Gasteiger partial charge in [-0.1, -0.05) is 12.1 Å². The molecule has 1 aromatic rings. The number of carbonyl (C=O) groups is 1. The van der Waals surface area contributed by atoms with Gasteiger partial charge in [0.05, 0.1) is 17.4 Å². The van der Waals surface area contributed by atoms with Crippen LogP contribution in [0.15, 0.2) is 24.3 Å². The van der Waals surface area contributed by atoms with E-state index in [9.17, 15) is 17.6 Å². The van der Waals surface area contributed by atoms with Crippen molar-refractivity contribution < 1.29 is 17.6 Å². The molecule has 0 aliphatic rings. The molecule has 0 radical (unpaired) electrons. The molecule has 1 atom stereocenters. The minimum Gasteiger partial charge on any atom is -0.321 e. The van der Waals surface area contributed by atoms with Crippen LogP contribution < -0.4 is 5.73 Å². The zero-order chi connectivity index (χ0) is 13.1. The van der Waals surface area contributed by atoms with Crippen molar-refractivity contribution in [3.05, 3.63) is 35.6 Å². The zero-order valence-corrected chi connectivity index (χ0v) is 10.2. The first-order chi connectivity index (χ1) is 7.81. The van der Waals surface area contributed by atoms with Crippen molar-refractivity contribution in [3.8, 4) is 0 Å². The van der Waals surface area contributed by atoms with Crippen LogP contribution in [0.2, 0.25) is 0 Å². The molecule has 0 heterocycles. The highest BCUT2D eigenvalue weighted by atomic mass is 32.2. The quantitative estimate of drug-likeness (QED) is 0.792. The Kier molecular flexibility index (Phi) is 4.36. The molecule has 17 heavy (non-hydrogen) atoms. The Bertz CT molecular complexity index is 513. The Hall–Kier alpha value is -1.27. The maximum Gasteiger partial charge on any atom is 0.182 e. The van der Waals surface area contributed by atoms with Crippen molar-refractivity contribution in [3.63, 3.8) is 0 Å². The minimum atomic E-state index is -3.17. The molecule has 0 saturated carbocycles. The summed E-state index contributed by atoms with van der Waals surface area (Å²) in [4.78, 5) is 11.7. The second kappa shape index (κ2) is 5.37. The number of nitrogens with two attached hydrogens (primary N) is 1. The predicted octanol–water partition coefficient (Wildman–Crippen LogP) is 0.770. The molecule has 0 saturated heterocycles. The fourth-order valence-corrected chi connectivity index (χ4v) is 2.01. The van der Waals surface area contributed by atoms with E-state index in [1.807, 2.05) is 0 Å². The van der Waals surface area contributed by atoms with E-state index in [-0.39, 0.29) is 17.7 Å². The van der Waals surface area contributed by atoms with Gasteiger partial charge in [0.1, 0.15) is 15.7 Å². The average molecular weight is 259 g/mol. The number of benzene rings is 1. The molecule has 0 aliphatic carbocycles. The largest absolute Gasteiger partial charge is 0.321 e. The van der Waals surface area contributed by atoms with Crippen LogP contribution in [0.1, 0.15) is 16.8 Å². The topological polar surface area (TPSA) is 77.2 Å². The first-order valence-electron chi connectivity index (χ1n) is 5.03. The number of rotatable bonds is 5. The lowest BCUT2D eigenvalue weighted by Gasteiger charge is -2.10. The molecule has 1 aromatic carbocycles. The fourth-order valence-electron chi connectivity index (χ4n) is 1.33. The molecule has 1 unspecified atom stereocenters. The van der Waals surface area contributed by atoms with E-state index in [0.717, 1.165) is 12.3 Å². The maximum atomic E-state index is 13.3. The summed E-state index contributed by atoms with van der Waals surface area (Å²) in [5.74, 6) is -1.41. The van der Waals surface area contributed by atoms with Gasteiger partial charge in [-0.2, -0.15) is 0 Å². The Labute approximate surface area is 99.5 Å².